The smallest absolute Gasteiger partial charge is 0.148 e. The number of hydrogen-bond donors (Lipinski definition) is 1. The lowest BCUT2D eigenvalue weighted by atomic mass is 9.76. The van der Waals surface area contributed by atoms with Crippen LogP contribution >= 0.6 is 0 Å². The maximum Gasteiger partial charge on any atom is 0.148 e. The van der Waals surface area contributed by atoms with Gasteiger partial charge in [-0.3, -0.25) is 0 Å². The molecule has 2 heteroatoms. The quantitative estimate of drug-likeness (QED) is 0.753. The van der Waals surface area contributed by atoms with Gasteiger partial charge in [0.15, 0.2) is 0 Å². The first-order chi connectivity index (χ1) is 7.08. The lowest BCUT2D eigenvalue weighted by Crippen LogP contribution is -2.35. The van der Waals surface area contributed by atoms with Crippen molar-refractivity contribution in [3.63, 3.8) is 0 Å². The van der Waals surface area contributed by atoms with Crippen molar-refractivity contribution >= 4 is 0 Å². The summed E-state index contributed by atoms with van der Waals surface area (Å²) in [4.78, 5) is 0. The van der Waals surface area contributed by atoms with Crippen molar-refractivity contribution in [2.75, 3.05) is 6.54 Å². The van der Waals surface area contributed by atoms with Gasteiger partial charge in [0.1, 0.15) is 5.67 Å². The van der Waals surface area contributed by atoms with E-state index in [1.54, 1.807) is 0 Å². The highest BCUT2D eigenvalue weighted by molar-refractivity contribution is 5.45. The number of aryl methyl sites for hydroxylation is 2. The Kier molecular flexibility index (Phi) is 2.55. The van der Waals surface area contributed by atoms with Gasteiger partial charge in [-0.1, -0.05) is 12.1 Å². The number of halogens is 1. The molecule has 0 fully saturated rings. The van der Waals surface area contributed by atoms with Crippen molar-refractivity contribution in [1.82, 2.24) is 0 Å². The summed E-state index contributed by atoms with van der Waals surface area (Å²) in [5.41, 5.74) is 8.61. The van der Waals surface area contributed by atoms with Crippen LogP contribution < -0.4 is 5.73 Å². The Morgan fingerprint density at radius 1 is 1.33 bits per heavy atom. The molecule has 1 aliphatic rings. The first kappa shape index (κ1) is 10.6. The predicted octanol–water partition coefficient (Wildman–Crippen LogP) is 2.76. The normalized spacial score (nSPS) is 25.1. The van der Waals surface area contributed by atoms with Crippen molar-refractivity contribution in [3.05, 3.63) is 34.4 Å². The van der Waals surface area contributed by atoms with Crippen molar-refractivity contribution in [2.45, 2.75) is 38.8 Å². The van der Waals surface area contributed by atoms with E-state index in [-0.39, 0.29) is 6.54 Å². The van der Waals surface area contributed by atoms with Crippen LogP contribution in [0.5, 0.6) is 0 Å². The molecule has 15 heavy (non-hydrogen) atoms. The molecule has 1 nitrogen and oxygen atoms in total. The number of hydrogen-bond acceptors (Lipinski definition) is 1. The number of fused-ring (bicyclic) bond motifs is 1. The largest absolute Gasteiger partial charge is 0.327 e. The molecule has 2 N–H and O–H groups in total. The van der Waals surface area contributed by atoms with E-state index in [0.29, 0.717) is 6.42 Å². The molecule has 0 aliphatic heterocycles. The highest BCUT2D eigenvalue weighted by Gasteiger charge is 2.37. The standard InChI is InChI=1S/C13H18FN/c1-9-5-6-10(2)12-11(9)4-3-7-13(12,14)8-15/h5-6H,3-4,7-8,15H2,1-2H3. The van der Waals surface area contributed by atoms with E-state index >= 15 is 0 Å². The molecule has 1 aliphatic carbocycles. The van der Waals surface area contributed by atoms with Gasteiger partial charge in [-0.15, -0.1) is 0 Å². The second-order valence-electron chi connectivity index (χ2n) is 4.58. The van der Waals surface area contributed by atoms with E-state index in [4.69, 9.17) is 5.73 Å². The fourth-order valence-electron chi connectivity index (χ4n) is 2.69. The Hall–Kier alpha value is -0.890. The highest BCUT2D eigenvalue weighted by atomic mass is 19.1. The van der Waals surface area contributed by atoms with Crippen LogP contribution in [-0.4, -0.2) is 6.54 Å². The molecular weight excluding hydrogens is 189 g/mol. The molecule has 1 aromatic carbocycles. The molecule has 1 atom stereocenters. The van der Waals surface area contributed by atoms with E-state index in [1.807, 2.05) is 13.0 Å². The minimum Gasteiger partial charge on any atom is -0.327 e. The average molecular weight is 207 g/mol. The fourth-order valence-corrected chi connectivity index (χ4v) is 2.69. The Morgan fingerprint density at radius 2 is 2.00 bits per heavy atom. The van der Waals surface area contributed by atoms with Gasteiger partial charge in [0.25, 0.3) is 0 Å². The maximum atomic E-state index is 14.6. The number of rotatable bonds is 1. The van der Waals surface area contributed by atoms with Gasteiger partial charge in [0, 0.05) is 6.54 Å². The van der Waals surface area contributed by atoms with Crippen LogP contribution in [0.3, 0.4) is 0 Å². The molecule has 0 bridgehead atoms. The van der Waals surface area contributed by atoms with Gasteiger partial charge in [0.05, 0.1) is 0 Å². The number of nitrogens with two attached hydrogens (primary N) is 1. The molecule has 0 saturated carbocycles. The SMILES string of the molecule is Cc1ccc(C)c2c1CCCC2(F)CN. The molecule has 82 valence electrons. The second-order valence-corrected chi connectivity index (χ2v) is 4.58. The third-order valence-electron chi connectivity index (χ3n) is 3.53. The molecule has 1 aromatic rings. The van der Waals surface area contributed by atoms with Crippen LogP contribution in [0.4, 0.5) is 4.39 Å². The van der Waals surface area contributed by atoms with Gasteiger partial charge in [-0.05, 0) is 55.4 Å². The molecule has 0 heterocycles. The molecule has 0 spiro atoms. The highest BCUT2D eigenvalue weighted by Crippen LogP contribution is 2.40. The van der Waals surface area contributed by atoms with Gasteiger partial charge in [-0.25, -0.2) is 4.39 Å². The van der Waals surface area contributed by atoms with Crippen molar-refractivity contribution < 1.29 is 4.39 Å². The molecule has 0 radical (unpaired) electrons. The Bertz CT molecular complexity index is 386. The van der Waals surface area contributed by atoms with Crippen LogP contribution in [0.15, 0.2) is 12.1 Å². The zero-order chi connectivity index (χ0) is 11.1. The van der Waals surface area contributed by atoms with Crippen molar-refractivity contribution in [2.24, 2.45) is 5.73 Å². The Balaban J connectivity index is 2.65. The minimum atomic E-state index is -1.29. The van der Waals surface area contributed by atoms with Gasteiger partial charge in [0.2, 0.25) is 0 Å². The summed E-state index contributed by atoms with van der Waals surface area (Å²) in [5.74, 6) is 0. The van der Waals surface area contributed by atoms with Crippen LogP contribution in [0, 0.1) is 13.8 Å². The lowest BCUT2D eigenvalue weighted by molar-refractivity contribution is 0.145. The summed E-state index contributed by atoms with van der Waals surface area (Å²) in [5, 5.41) is 0. The first-order valence-corrected chi connectivity index (χ1v) is 5.57. The monoisotopic (exact) mass is 207 g/mol. The zero-order valence-electron chi connectivity index (χ0n) is 9.44. The molecular formula is C13H18FN. The summed E-state index contributed by atoms with van der Waals surface area (Å²) >= 11 is 0. The summed E-state index contributed by atoms with van der Waals surface area (Å²) in [7, 11) is 0. The third kappa shape index (κ3) is 1.57. The van der Waals surface area contributed by atoms with Crippen LogP contribution in [0.1, 0.15) is 35.1 Å². The van der Waals surface area contributed by atoms with Gasteiger partial charge < -0.3 is 5.73 Å². The molecule has 0 saturated heterocycles. The van der Waals surface area contributed by atoms with E-state index in [1.165, 1.54) is 11.1 Å². The summed E-state index contributed by atoms with van der Waals surface area (Å²) in [6.45, 7) is 4.14. The van der Waals surface area contributed by atoms with Crippen molar-refractivity contribution in [1.29, 1.82) is 0 Å². The second kappa shape index (κ2) is 3.60. The third-order valence-corrected chi connectivity index (χ3v) is 3.53. The van der Waals surface area contributed by atoms with Crippen LogP contribution in [0.2, 0.25) is 0 Å². The van der Waals surface area contributed by atoms with Crippen molar-refractivity contribution in [3.8, 4) is 0 Å². The van der Waals surface area contributed by atoms with Gasteiger partial charge >= 0.3 is 0 Å². The predicted molar refractivity (Wildman–Crippen MR) is 60.7 cm³/mol. The van der Waals surface area contributed by atoms with Gasteiger partial charge in [-0.2, -0.15) is 0 Å². The van der Waals surface area contributed by atoms with E-state index in [2.05, 4.69) is 13.0 Å². The number of alkyl halides is 1. The summed E-state index contributed by atoms with van der Waals surface area (Å²) < 4.78 is 14.6. The molecule has 1 unspecified atom stereocenters. The Labute approximate surface area is 90.5 Å². The molecule has 0 aromatic heterocycles. The van der Waals surface area contributed by atoms with Crippen LogP contribution in [0.25, 0.3) is 0 Å². The molecule has 2 rings (SSSR count). The maximum absolute atomic E-state index is 14.6. The first-order valence-electron chi connectivity index (χ1n) is 5.57. The number of benzene rings is 1. The van der Waals surface area contributed by atoms with E-state index < -0.39 is 5.67 Å². The Morgan fingerprint density at radius 3 is 2.67 bits per heavy atom. The van der Waals surface area contributed by atoms with Crippen LogP contribution in [-0.2, 0) is 12.1 Å². The topological polar surface area (TPSA) is 26.0 Å². The zero-order valence-corrected chi connectivity index (χ0v) is 9.44. The average Bonchev–Trinajstić information content (AvgIpc) is 2.24. The summed E-state index contributed by atoms with van der Waals surface area (Å²) in [6, 6.07) is 4.08. The minimum absolute atomic E-state index is 0.101. The summed E-state index contributed by atoms with van der Waals surface area (Å²) in [6.07, 6.45) is 2.47. The molecule has 0 amide bonds. The van der Waals surface area contributed by atoms with E-state index in [0.717, 1.165) is 24.0 Å². The lowest BCUT2D eigenvalue weighted by Gasteiger charge is -2.33. The van der Waals surface area contributed by atoms with E-state index in [9.17, 15) is 4.39 Å². The fraction of sp³-hybridized carbons (Fsp3) is 0.538.